The Morgan fingerprint density at radius 1 is 1.09 bits per heavy atom. The summed E-state index contributed by atoms with van der Waals surface area (Å²) in [5.41, 5.74) is -2.46. The fourth-order valence-corrected chi connectivity index (χ4v) is 7.39. The van der Waals surface area contributed by atoms with Gasteiger partial charge in [-0.05, 0) is 34.7 Å². The van der Waals surface area contributed by atoms with Gasteiger partial charge in [0.2, 0.25) is 0 Å². The number of aliphatic hydroxyl groups is 1. The molecule has 1 aliphatic carbocycles. The second kappa shape index (κ2) is 7.41. The van der Waals surface area contributed by atoms with Crippen LogP contribution >= 0.6 is 0 Å². The van der Waals surface area contributed by atoms with E-state index < -0.39 is 40.0 Å². The molecule has 2 aromatic carbocycles. The molecule has 33 heavy (non-hydrogen) atoms. The summed E-state index contributed by atoms with van der Waals surface area (Å²) in [6.45, 7) is 4.52. The minimum absolute atomic E-state index is 0.188. The summed E-state index contributed by atoms with van der Waals surface area (Å²) in [5.74, 6) is -2.85. The first-order valence-corrected chi connectivity index (χ1v) is 12.4. The van der Waals surface area contributed by atoms with Crippen molar-refractivity contribution in [3.63, 3.8) is 0 Å². The number of hydrogen-bond donors (Lipinski definition) is 1. The summed E-state index contributed by atoms with van der Waals surface area (Å²) in [7, 11) is 0. The lowest BCUT2D eigenvalue weighted by Crippen LogP contribution is -2.62. The topological polar surface area (TPSA) is 46.5 Å². The molecule has 0 amide bonds. The van der Waals surface area contributed by atoms with Crippen molar-refractivity contribution in [2.24, 2.45) is 5.41 Å². The van der Waals surface area contributed by atoms with Crippen LogP contribution in [-0.2, 0) is 35.7 Å². The first-order chi connectivity index (χ1) is 15.4. The number of rotatable bonds is 4. The van der Waals surface area contributed by atoms with Crippen LogP contribution in [0.2, 0.25) is 0 Å². The fraction of sp³-hybridized carbons (Fsp3) is 0.500. The van der Waals surface area contributed by atoms with Crippen molar-refractivity contribution in [3.8, 4) is 11.1 Å². The molecular formula is C24H24F5NO2S. The van der Waals surface area contributed by atoms with Gasteiger partial charge in [-0.25, -0.2) is 0 Å². The van der Waals surface area contributed by atoms with E-state index in [1.54, 1.807) is 0 Å². The maximum Gasteiger partial charge on any atom is 0.427 e. The number of hydrogen-bond acceptors (Lipinski definition) is 3. The Balaban J connectivity index is 1.37. The molecule has 1 spiro atoms. The fourth-order valence-electron chi connectivity index (χ4n) is 5.58. The van der Waals surface area contributed by atoms with Gasteiger partial charge in [-0.15, -0.1) is 0 Å². The number of alkyl halides is 5. The van der Waals surface area contributed by atoms with E-state index in [-0.39, 0.29) is 5.41 Å². The minimum atomic E-state index is -5.47. The number of halogens is 5. The highest BCUT2D eigenvalue weighted by molar-refractivity contribution is 7.91. The van der Waals surface area contributed by atoms with Gasteiger partial charge in [0.25, 0.3) is 5.60 Å². The van der Waals surface area contributed by atoms with E-state index in [4.69, 9.17) is 0 Å². The first kappa shape index (κ1) is 23.1. The largest absolute Gasteiger partial charge is 0.616 e. The summed E-state index contributed by atoms with van der Waals surface area (Å²) in [6.07, 6.45) is -3.84. The van der Waals surface area contributed by atoms with Crippen LogP contribution in [0.4, 0.5) is 22.0 Å². The molecule has 3 aliphatic rings. The highest BCUT2D eigenvalue weighted by atomic mass is 32.2. The molecule has 0 radical (unpaired) electrons. The van der Waals surface area contributed by atoms with Crippen LogP contribution in [0.25, 0.3) is 11.1 Å². The lowest BCUT2D eigenvalue weighted by atomic mass is 9.68. The maximum atomic E-state index is 14.4. The summed E-state index contributed by atoms with van der Waals surface area (Å²) in [5, 5.41) is 9.73. The number of benzene rings is 2. The van der Waals surface area contributed by atoms with Gasteiger partial charge in [0, 0.05) is 42.6 Å². The normalized spacial score (nSPS) is 27.8. The Morgan fingerprint density at radius 2 is 1.82 bits per heavy atom. The zero-order valence-corrected chi connectivity index (χ0v) is 18.8. The quantitative estimate of drug-likeness (QED) is 0.504. The highest BCUT2D eigenvalue weighted by Gasteiger charge is 2.78. The zero-order chi connectivity index (χ0) is 23.8. The third kappa shape index (κ3) is 3.34. The molecule has 0 aromatic heterocycles. The van der Waals surface area contributed by atoms with E-state index in [9.17, 15) is 31.6 Å². The molecule has 9 heteroatoms. The van der Waals surface area contributed by atoms with Crippen molar-refractivity contribution in [2.45, 2.75) is 44.0 Å². The summed E-state index contributed by atoms with van der Waals surface area (Å²) in [4.78, 5) is 2.31. The molecule has 0 bridgehead atoms. The molecule has 1 N–H and O–H groups in total. The Hall–Kier alpha value is -1.68. The molecule has 2 aliphatic heterocycles. The highest BCUT2D eigenvalue weighted by Crippen LogP contribution is 2.63. The van der Waals surface area contributed by atoms with Gasteiger partial charge in [-0.2, -0.15) is 22.0 Å². The van der Waals surface area contributed by atoms with Gasteiger partial charge in [-0.1, -0.05) is 48.4 Å². The molecule has 2 heterocycles. The van der Waals surface area contributed by atoms with E-state index >= 15 is 0 Å². The molecule has 2 atom stereocenters. The molecule has 2 aromatic rings. The van der Waals surface area contributed by atoms with E-state index in [2.05, 4.69) is 4.90 Å². The molecule has 3 nitrogen and oxygen atoms in total. The van der Waals surface area contributed by atoms with Gasteiger partial charge in [-0.3, -0.25) is 4.90 Å². The third-order valence-corrected chi connectivity index (χ3v) is 8.92. The smallest absolute Gasteiger partial charge is 0.427 e. The van der Waals surface area contributed by atoms with Crippen LogP contribution < -0.4 is 0 Å². The number of nitrogens with zero attached hydrogens (tertiary/aromatic N) is 1. The van der Waals surface area contributed by atoms with Crippen LogP contribution in [0.1, 0.15) is 35.6 Å². The molecule has 178 valence electrons. The van der Waals surface area contributed by atoms with Crippen molar-refractivity contribution in [3.05, 3.63) is 58.7 Å². The van der Waals surface area contributed by atoms with Crippen molar-refractivity contribution < 1.29 is 31.6 Å². The Bertz CT molecular complexity index is 1100. The molecular weight excluding hydrogens is 461 g/mol. The summed E-state index contributed by atoms with van der Waals surface area (Å²) in [6, 6.07) is 9.12. The Morgan fingerprint density at radius 3 is 2.42 bits per heavy atom. The number of likely N-dealkylation sites (tertiary alicyclic amines) is 1. The van der Waals surface area contributed by atoms with Gasteiger partial charge in [0.15, 0.2) is 0 Å². The van der Waals surface area contributed by atoms with Crippen molar-refractivity contribution in [1.29, 1.82) is 0 Å². The number of fused-ring (bicyclic) bond motifs is 1. The maximum absolute atomic E-state index is 14.4. The third-order valence-electron chi connectivity index (χ3n) is 7.33. The minimum Gasteiger partial charge on any atom is -0.616 e. The molecule has 2 unspecified atom stereocenters. The van der Waals surface area contributed by atoms with Gasteiger partial charge >= 0.3 is 12.1 Å². The van der Waals surface area contributed by atoms with E-state index in [1.807, 2.05) is 25.1 Å². The lowest BCUT2D eigenvalue weighted by molar-refractivity contribution is -0.364. The Labute approximate surface area is 191 Å². The van der Waals surface area contributed by atoms with Gasteiger partial charge < -0.3 is 9.66 Å². The van der Waals surface area contributed by atoms with Crippen molar-refractivity contribution in [2.75, 3.05) is 24.6 Å². The SMILES string of the molecule is CCc1cc(CN2CC3(CC[S+]([O-])C3)C2)ccc1-c1ccc2c(c1)C(F)(F)C2(O)C(F)(F)F. The second-order valence-corrected chi connectivity index (χ2v) is 11.1. The second-order valence-electron chi connectivity index (χ2n) is 9.57. The summed E-state index contributed by atoms with van der Waals surface area (Å²) < 4.78 is 79.9. The average molecular weight is 486 g/mol. The predicted octanol–water partition coefficient (Wildman–Crippen LogP) is 4.73. The van der Waals surface area contributed by atoms with Gasteiger partial charge in [0.1, 0.15) is 11.5 Å². The van der Waals surface area contributed by atoms with Crippen LogP contribution in [-0.4, -0.2) is 45.3 Å². The lowest BCUT2D eigenvalue weighted by Gasteiger charge is -2.47. The van der Waals surface area contributed by atoms with Crippen LogP contribution in [0.15, 0.2) is 36.4 Å². The van der Waals surface area contributed by atoms with Crippen LogP contribution in [0, 0.1) is 5.41 Å². The zero-order valence-electron chi connectivity index (χ0n) is 18.0. The van der Waals surface area contributed by atoms with Crippen LogP contribution in [0.3, 0.4) is 0 Å². The standard InChI is InChI=1S/C24H24F5NO2S/c1-2-16-9-15(11-30-12-21(13-30)7-8-33(32)14-21)3-5-18(16)17-4-6-19-20(10-17)23(25,26)22(19,31)24(27,28)29/h3-6,9-10,31H,2,7-8,11-14H2,1H3. The van der Waals surface area contributed by atoms with E-state index in [0.29, 0.717) is 17.5 Å². The molecule has 5 rings (SSSR count). The monoisotopic (exact) mass is 485 g/mol. The van der Waals surface area contributed by atoms with E-state index in [1.165, 1.54) is 6.07 Å². The van der Waals surface area contributed by atoms with Crippen LogP contribution in [0.5, 0.6) is 0 Å². The van der Waals surface area contributed by atoms with Crippen molar-refractivity contribution in [1.82, 2.24) is 4.90 Å². The van der Waals surface area contributed by atoms with E-state index in [0.717, 1.165) is 60.8 Å². The summed E-state index contributed by atoms with van der Waals surface area (Å²) >= 11 is -0.704. The van der Waals surface area contributed by atoms with Crippen molar-refractivity contribution >= 4 is 11.2 Å². The predicted molar refractivity (Wildman–Crippen MR) is 115 cm³/mol. The average Bonchev–Trinajstić information content (AvgIpc) is 3.13. The van der Waals surface area contributed by atoms with Gasteiger partial charge in [0.05, 0.1) is 0 Å². The molecule has 0 saturated carbocycles. The number of aryl methyl sites for hydroxylation is 1. The first-order valence-electron chi connectivity index (χ1n) is 10.9. The Kier molecular flexibility index (Phi) is 5.18. The molecule has 2 saturated heterocycles. The molecule has 2 fully saturated rings.